The predicted octanol–water partition coefficient (Wildman–Crippen LogP) is 0.409. The topological polar surface area (TPSA) is 108 Å². The standard InChI is InChI=1S/C19H22N4O4S/c24-16-10-13(21-19(27)22-16)17(25)20-7-8-23(12-5-6-12)18(26)15-9-11-3-1-2-4-14(11)28-15/h1-4,12-13,15H,5-10H2,(H,20,25)(H2,21,22,24,27)/t13-,15?/m0/s1. The Morgan fingerprint density at radius 1 is 1.18 bits per heavy atom. The normalized spacial score (nSPS) is 23.4. The van der Waals surface area contributed by atoms with Crippen LogP contribution in [-0.4, -0.2) is 59.1 Å². The number of carbonyl (C=O) groups excluding carboxylic acids is 4. The average molecular weight is 402 g/mol. The van der Waals surface area contributed by atoms with E-state index in [0.717, 1.165) is 24.2 Å². The van der Waals surface area contributed by atoms with Crippen molar-refractivity contribution >= 4 is 35.5 Å². The molecular weight excluding hydrogens is 380 g/mol. The maximum Gasteiger partial charge on any atom is 0.322 e. The molecule has 3 N–H and O–H groups in total. The molecule has 2 heterocycles. The van der Waals surface area contributed by atoms with Gasteiger partial charge in [0, 0.05) is 24.0 Å². The van der Waals surface area contributed by atoms with Gasteiger partial charge in [0.05, 0.1) is 11.7 Å². The van der Waals surface area contributed by atoms with Crippen molar-refractivity contribution in [2.45, 2.75) is 47.9 Å². The van der Waals surface area contributed by atoms with Gasteiger partial charge in [-0.2, -0.15) is 0 Å². The zero-order valence-electron chi connectivity index (χ0n) is 15.3. The van der Waals surface area contributed by atoms with Gasteiger partial charge in [0.15, 0.2) is 0 Å². The van der Waals surface area contributed by atoms with Crippen molar-refractivity contribution < 1.29 is 19.2 Å². The van der Waals surface area contributed by atoms with Crippen molar-refractivity contribution in [2.75, 3.05) is 13.1 Å². The zero-order valence-corrected chi connectivity index (χ0v) is 16.1. The van der Waals surface area contributed by atoms with Gasteiger partial charge >= 0.3 is 6.03 Å². The molecule has 1 aromatic rings. The number of imide groups is 1. The minimum absolute atomic E-state index is 0.0835. The van der Waals surface area contributed by atoms with Gasteiger partial charge in [-0.1, -0.05) is 18.2 Å². The lowest BCUT2D eigenvalue weighted by Crippen LogP contribution is -2.58. The Hall–Kier alpha value is -2.55. The van der Waals surface area contributed by atoms with Crippen molar-refractivity contribution in [3.63, 3.8) is 0 Å². The van der Waals surface area contributed by atoms with Gasteiger partial charge in [0.25, 0.3) is 0 Å². The molecule has 0 bridgehead atoms. The first-order valence-corrected chi connectivity index (χ1v) is 10.3. The summed E-state index contributed by atoms with van der Waals surface area (Å²) in [6, 6.07) is 6.79. The number of thioether (sulfide) groups is 1. The summed E-state index contributed by atoms with van der Waals surface area (Å²) in [6.07, 6.45) is 2.63. The minimum atomic E-state index is -0.869. The third-order valence-electron chi connectivity index (χ3n) is 5.11. The number of fused-ring (bicyclic) bond motifs is 1. The highest BCUT2D eigenvalue weighted by Gasteiger charge is 2.38. The summed E-state index contributed by atoms with van der Waals surface area (Å²) in [5.74, 6) is -0.770. The maximum atomic E-state index is 13.0. The van der Waals surface area contributed by atoms with Crippen molar-refractivity contribution in [3.05, 3.63) is 29.8 Å². The van der Waals surface area contributed by atoms with E-state index < -0.39 is 23.9 Å². The first kappa shape index (κ1) is 18.8. The van der Waals surface area contributed by atoms with E-state index >= 15 is 0 Å². The molecule has 2 atom stereocenters. The number of carbonyl (C=O) groups is 4. The molecule has 1 aliphatic carbocycles. The summed E-state index contributed by atoms with van der Waals surface area (Å²) in [4.78, 5) is 51.0. The Kier molecular flexibility index (Phi) is 5.25. The highest BCUT2D eigenvalue weighted by Crippen LogP contribution is 2.39. The smallest absolute Gasteiger partial charge is 0.322 e. The highest BCUT2D eigenvalue weighted by atomic mass is 32.2. The third kappa shape index (κ3) is 4.14. The quantitative estimate of drug-likeness (QED) is 0.639. The van der Waals surface area contributed by atoms with E-state index in [4.69, 9.17) is 0 Å². The first-order chi connectivity index (χ1) is 13.5. The lowest BCUT2D eigenvalue weighted by atomic mass is 10.1. The van der Waals surface area contributed by atoms with Crippen molar-refractivity contribution in [2.24, 2.45) is 0 Å². The lowest BCUT2D eigenvalue weighted by Gasteiger charge is -2.26. The van der Waals surface area contributed by atoms with Gasteiger partial charge in [-0.15, -0.1) is 11.8 Å². The summed E-state index contributed by atoms with van der Waals surface area (Å²) in [7, 11) is 0. The van der Waals surface area contributed by atoms with E-state index in [1.807, 2.05) is 23.1 Å². The van der Waals surface area contributed by atoms with Crippen LogP contribution in [-0.2, 0) is 20.8 Å². The number of hydrogen-bond donors (Lipinski definition) is 3. The number of urea groups is 1. The van der Waals surface area contributed by atoms with Crippen LogP contribution in [0.2, 0.25) is 0 Å². The Bertz CT molecular complexity index is 785. The summed E-state index contributed by atoms with van der Waals surface area (Å²) in [6.45, 7) is 0.717. The molecule has 1 aromatic carbocycles. The fourth-order valence-corrected chi connectivity index (χ4v) is 4.82. The number of rotatable bonds is 6. The van der Waals surface area contributed by atoms with E-state index in [2.05, 4.69) is 22.0 Å². The Morgan fingerprint density at radius 3 is 2.68 bits per heavy atom. The summed E-state index contributed by atoms with van der Waals surface area (Å²) in [5.41, 5.74) is 1.21. The van der Waals surface area contributed by atoms with E-state index in [1.165, 1.54) is 5.56 Å². The lowest BCUT2D eigenvalue weighted by molar-refractivity contribution is -0.132. The molecule has 1 saturated heterocycles. The number of hydrogen-bond acceptors (Lipinski definition) is 5. The second kappa shape index (κ2) is 7.83. The van der Waals surface area contributed by atoms with Crippen LogP contribution in [0.25, 0.3) is 0 Å². The first-order valence-electron chi connectivity index (χ1n) is 9.44. The maximum absolute atomic E-state index is 13.0. The Balaban J connectivity index is 1.30. The SMILES string of the molecule is O=C1C[C@@H](C(=O)NCCN(C(=O)C2Cc3ccccc3S2)C2CC2)NC(=O)N1. The summed E-state index contributed by atoms with van der Waals surface area (Å²) < 4.78 is 0. The van der Waals surface area contributed by atoms with E-state index in [1.54, 1.807) is 11.8 Å². The number of nitrogens with one attached hydrogen (secondary N) is 3. The van der Waals surface area contributed by atoms with Crippen LogP contribution in [0.3, 0.4) is 0 Å². The van der Waals surface area contributed by atoms with Crippen LogP contribution in [0.5, 0.6) is 0 Å². The second-order valence-electron chi connectivity index (χ2n) is 7.25. The minimum Gasteiger partial charge on any atom is -0.353 e. The van der Waals surface area contributed by atoms with Gasteiger partial charge in [0.2, 0.25) is 17.7 Å². The van der Waals surface area contributed by atoms with Crippen molar-refractivity contribution in [1.82, 2.24) is 20.9 Å². The molecule has 0 aromatic heterocycles. The largest absolute Gasteiger partial charge is 0.353 e. The van der Waals surface area contributed by atoms with Gasteiger partial charge < -0.3 is 15.5 Å². The number of nitrogens with zero attached hydrogens (tertiary/aromatic N) is 1. The molecule has 3 aliphatic rings. The molecule has 8 nitrogen and oxygen atoms in total. The fraction of sp³-hybridized carbons (Fsp3) is 0.474. The van der Waals surface area contributed by atoms with Gasteiger partial charge in [-0.25, -0.2) is 4.79 Å². The summed E-state index contributed by atoms with van der Waals surface area (Å²) in [5, 5.41) is 7.14. The van der Waals surface area contributed by atoms with Crippen molar-refractivity contribution in [3.8, 4) is 0 Å². The monoisotopic (exact) mass is 402 g/mol. The van der Waals surface area contributed by atoms with Gasteiger partial charge in [-0.3, -0.25) is 19.7 Å². The molecule has 9 heteroatoms. The van der Waals surface area contributed by atoms with E-state index in [0.29, 0.717) is 13.1 Å². The fourth-order valence-electron chi connectivity index (χ4n) is 3.55. The molecule has 0 spiro atoms. The molecule has 4 rings (SSSR count). The number of benzene rings is 1. The van der Waals surface area contributed by atoms with Gasteiger partial charge in [-0.05, 0) is 30.9 Å². The van der Waals surface area contributed by atoms with Crippen molar-refractivity contribution in [1.29, 1.82) is 0 Å². The van der Waals surface area contributed by atoms with Crippen LogP contribution in [0.4, 0.5) is 4.79 Å². The molecule has 5 amide bonds. The number of amides is 5. The molecule has 148 valence electrons. The molecule has 2 fully saturated rings. The summed E-state index contributed by atoms with van der Waals surface area (Å²) >= 11 is 1.61. The Labute approximate surface area is 166 Å². The Morgan fingerprint density at radius 2 is 1.96 bits per heavy atom. The average Bonchev–Trinajstić information content (AvgIpc) is 3.41. The van der Waals surface area contributed by atoms with Gasteiger partial charge in [0.1, 0.15) is 6.04 Å². The highest BCUT2D eigenvalue weighted by molar-refractivity contribution is 8.01. The molecule has 1 saturated carbocycles. The molecule has 28 heavy (non-hydrogen) atoms. The van der Waals surface area contributed by atoms with Crippen LogP contribution in [0.1, 0.15) is 24.8 Å². The molecule has 1 unspecified atom stereocenters. The van der Waals surface area contributed by atoms with Crippen LogP contribution in [0.15, 0.2) is 29.2 Å². The molecule has 0 radical (unpaired) electrons. The van der Waals surface area contributed by atoms with Crippen LogP contribution in [0, 0.1) is 0 Å². The molecule has 2 aliphatic heterocycles. The second-order valence-corrected chi connectivity index (χ2v) is 8.50. The molecular formula is C19H22N4O4S. The van der Waals surface area contributed by atoms with Crippen LogP contribution < -0.4 is 16.0 Å². The third-order valence-corrected chi connectivity index (χ3v) is 6.41. The van der Waals surface area contributed by atoms with E-state index in [-0.39, 0.29) is 23.6 Å². The van der Waals surface area contributed by atoms with E-state index in [9.17, 15) is 19.2 Å². The van der Waals surface area contributed by atoms with Crippen LogP contribution >= 0.6 is 11.8 Å². The predicted molar refractivity (Wildman–Crippen MR) is 103 cm³/mol. The zero-order chi connectivity index (χ0) is 19.7.